The third-order valence-corrected chi connectivity index (χ3v) is 5.13. The molecule has 0 heterocycles. The Labute approximate surface area is 141 Å². The van der Waals surface area contributed by atoms with Gasteiger partial charge in [0, 0.05) is 6.42 Å². The molecule has 4 nitrogen and oxygen atoms in total. The monoisotopic (exact) mass is 328 g/mol. The Balaban J connectivity index is 4.30. The summed E-state index contributed by atoms with van der Waals surface area (Å²) in [6.45, 7) is 10.5. The van der Waals surface area contributed by atoms with E-state index in [0.717, 1.165) is 38.5 Å². The molecule has 3 atom stereocenters. The molecule has 0 aliphatic rings. The van der Waals surface area contributed by atoms with Crippen LogP contribution in [0, 0.1) is 23.2 Å². The zero-order valence-electron chi connectivity index (χ0n) is 15.6. The second-order valence-corrected chi connectivity index (χ2v) is 7.80. The van der Waals surface area contributed by atoms with Crippen LogP contribution in [0.5, 0.6) is 0 Å². The molecular weight excluding hydrogens is 292 g/mol. The van der Waals surface area contributed by atoms with E-state index < -0.39 is 11.9 Å². The third kappa shape index (κ3) is 9.62. The molecule has 4 heteroatoms. The van der Waals surface area contributed by atoms with E-state index >= 15 is 0 Å². The van der Waals surface area contributed by atoms with Gasteiger partial charge in [-0.15, -0.1) is 0 Å². The van der Waals surface area contributed by atoms with Crippen LogP contribution in [0.2, 0.25) is 0 Å². The summed E-state index contributed by atoms with van der Waals surface area (Å²) in [7, 11) is 0. The maximum Gasteiger partial charge on any atom is 0.306 e. The van der Waals surface area contributed by atoms with Gasteiger partial charge in [-0.3, -0.25) is 9.59 Å². The first kappa shape index (κ1) is 21.9. The molecule has 0 amide bonds. The molecular formula is C19H36O4. The number of rotatable bonds is 13. The highest BCUT2D eigenvalue weighted by Gasteiger charge is 2.29. The summed E-state index contributed by atoms with van der Waals surface area (Å²) >= 11 is 0. The lowest BCUT2D eigenvalue weighted by Gasteiger charge is -2.31. The van der Waals surface area contributed by atoms with Gasteiger partial charge in [-0.2, -0.15) is 0 Å². The average Bonchev–Trinajstić information content (AvgIpc) is 2.41. The topological polar surface area (TPSA) is 74.6 Å². The van der Waals surface area contributed by atoms with Gasteiger partial charge in [0.15, 0.2) is 0 Å². The summed E-state index contributed by atoms with van der Waals surface area (Å²) in [6.07, 6.45) is 6.87. The first-order valence-corrected chi connectivity index (χ1v) is 9.07. The maximum atomic E-state index is 11.3. The van der Waals surface area contributed by atoms with E-state index in [1.54, 1.807) is 0 Å². The first-order valence-electron chi connectivity index (χ1n) is 9.07. The van der Waals surface area contributed by atoms with Crippen molar-refractivity contribution in [3.05, 3.63) is 0 Å². The zero-order valence-corrected chi connectivity index (χ0v) is 15.6. The molecule has 23 heavy (non-hydrogen) atoms. The largest absolute Gasteiger partial charge is 0.481 e. The van der Waals surface area contributed by atoms with Gasteiger partial charge in [0.1, 0.15) is 0 Å². The summed E-state index contributed by atoms with van der Waals surface area (Å²) in [6, 6.07) is 0. The number of carboxylic acids is 2. The van der Waals surface area contributed by atoms with E-state index in [1.165, 1.54) is 0 Å². The van der Waals surface area contributed by atoms with Gasteiger partial charge in [-0.05, 0) is 42.9 Å². The molecule has 0 aromatic carbocycles. The van der Waals surface area contributed by atoms with E-state index in [2.05, 4.69) is 20.8 Å². The van der Waals surface area contributed by atoms with E-state index in [4.69, 9.17) is 5.11 Å². The molecule has 0 saturated carbocycles. The van der Waals surface area contributed by atoms with Crippen LogP contribution < -0.4 is 0 Å². The van der Waals surface area contributed by atoms with Crippen molar-refractivity contribution < 1.29 is 19.8 Å². The van der Waals surface area contributed by atoms with Gasteiger partial charge >= 0.3 is 11.9 Å². The number of hydrogen-bond acceptors (Lipinski definition) is 2. The Bertz CT molecular complexity index is 362. The molecule has 0 fully saturated rings. The summed E-state index contributed by atoms with van der Waals surface area (Å²) < 4.78 is 0. The fourth-order valence-electron chi connectivity index (χ4n) is 3.69. The summed E-state index contributed by atoms with van der Waals surface area (Å²) in [4.78, 5) is 22.0. The van der Waals surface area contributed by atoms with Crippen LogP contribution in [0.25, 0.3) is 0 Å². The highest BCUT2D eigenvalue weighted by molar-refractivity contribution is 5.70. The van der Waals surface area contributed by atoms with Crippen molar-refractivity contribution in [2.75, 3.05) is 0 Å². The minimum atomic E-state index is -0.711. The number of carbonyl (C=O) groups is 2. The fraction of sp³-hybridized carbons (Fsp3) is 0.895. The smallest absolute Gasteiger partial charge is 0.306 e. The highest BCUT2D eigenvalue weighted by Crippen LogP contribution is 2.35. The standard InChI is InChI=1S/C19H36O4/c1-6-15(10-11-17(20)21)9-8-12-19(4,5)13-14(3)16(7-2)18(22)23/h14-16H,6-13H2,1-5H3,(H,20,21)(H,22,23). The Morgan fingerprint density at radius 3 is 2.09 bits per heavy atom. The summed E-state index contributed by atoms with van der Waals surface area (Å²) in [5.41, 5.74) is 0.132. The van der Waals surface area contributed by atoms with Crippen LogP contribution in [0.15, 0.2) is 0 Å². The lowest BCUT2D eigenvalue weighted by Crippen LogP contribution is -2.26. The molecule has 0 rings (SSSR count). The highest BCUT2D eigenvalue weighted by atomic mass is 16.4. The predicted octanol–water partition coefficient (Wildman–Crippen LogP) is 5.21. The molecule has 3 unspecified atom stereocenters. The van der Waals surface area contributed by atoms with Crippen LogP contribution in [0.1, 0.15) is 86.0 Å². The van der Waals surface area contributed by atoms with Gasteiger partial charge in [0.2, 0.25) is 0 Å². The van der Waals surface area contributed by atoms with Gasteiger partial charge in [-0.1, -0.05) is 53.9 Å². The van der Waals surface area contributed by atoms with Crippen LogP contribution in [0.3, 0.4) is 0 Å². The van der Waals surface area contributed by atoms with Crippen LogP contribution in [-0.2, 0) is 9.59 Å². The average molecular weight is 328 g/mol. The Morgan fingerprint density at radius 2 is 1.65 bits per heavy atom. The predicted molar refractivity (Wildman–Crippen MR) is 93.5 cm³/mol. The molecule has 136 valence electrons. The van der Waals surface area contributed by atoms with E-state index in [1.807, 2.05) is 13.8 Å². The van der Waals surface area contributed by atoms with Crippen molar-refractivity contribution in [3.8, 4) is 0 Å². The molecule has 0 bridgehead atoms. The first-order chi connectivity index (χ1) is 10.6. The number of carboxylic acid groups (broad SMARTS) is 2. The van der Waals surface area contributed by atoms with Crippen molar-refractivity contribution >= 4 is 11.9 Å². The second-order valence-electron chi connectivity index (χ2n) is 7.80. The SMILES string of the molecule is CCC(CCCC(C)(C)CC(C)C(CC)C(=O)O)CCC(=O)O. The van der Waals surface area contributed by atoms with Crippen molar-refractivity contribution in [1.82, 2.24) is 0 Å². The third-order valence-electron chi connectivity index (χ3n) is 5.13. The lowest BCUT2D eigenvalue weighted by atomic mass is 9.74. The Hall–Kier alpha value is -1.06. The van der Waals surface area contributed by atoms with E-state index in [9.17, 15) is 14.7 Å². The molecule has 0 spiro atoms. The van der Waals surface area contributed by atoms with E-state index in [-0.39, 0.29) is 23.7 Å². The van der Waals surface area contributed by atoms with Crippen LogP contribution in [0.4, 0.5) is 0 Å². The quantitative estimate of drug-likeness (QED) is 0.486. The van der Waals surface area contributed by atoms with Gasteiger partial charge in [-0.25, -0.2) is 0 Å². The summed E-state index contributed by atoms with van der Waals surface area (Å²) in [5.74, 6) is -0.983. The molecule has 0 aromatic heterocycles. The molecule has 0 aliphatic carbocycles. The minimum Gasteiger partial charge on any atom is -0.481 e. The minimum absolute atomic E-state index is 0.132. The van der Waals surface area contributed by atoms with Crippen LogP contribution in [-0.4, -0.2) is 22.2 Å². The van der Waals surface area contributed by atoms with Crippen molar-refractivity contribution in [1.29, 1.82) is 0 Å². The second kappa shape index (κ2) is 10.7. The van der Waals surface area contributed by atoms with Gasteiger partial charge < -0.3 is 10.2 Å². The van der Waals surface area contributed by atoms with Crippen molar-refractivity contribution in [2.24, 2.45) is 23.2 Å². The number of hydrogen-bond donors (Lipinski definition) is 2. The lowest BCUT2D eigenvalue weighted by molar-refractivity contribution is -0.144. The summed E-state index contributed by atoms with van der Waals surface area (Å²) in [5, 5.41) is 18.1. The van der Waals surface area contributed by atoms with Crippen LogP contribution >= 0.6 is 0 Å². The van der Waals surface area contributed by atoms with Crippen molar-refractivity contribution in [2.45, 2.75) is 86.0 Å². The molecule has 0 aliphatic heterocycles. The fourth-order valence-corrected chi connectivity index (χ4v) is 3.69. The Morgan fingerprint density at radius 1 is 1.04 bits per heavy atom. The number of aliphatic carboxylic acids is 2. The molecule has 0 radical (unpaired) electrons. The Kier molecular flexibility index (Phi) is 10.2. The van der Waals surface area contributed by atoms with E-state index in [0.29, 0.717) is 12.3 Å². The molecule has 2 N–H and O–H groups in total. The maximum absolute atomic E-state index is 11.3. The van der Waals surface area contributed by atoms with Gasteiger partial charge in [0.25, 0.3) is 0 Å². The van der Waals surface area contributed by atoms with Crippen molar-refractivity contribution in [3.63, 3.8) is 0 Å². The molecule has 0 saturated heterocycles. The zero-order chi connectivity index (χ0) is 18.0. The molecule has 0 aromatic rings. The normalized spacial score (nSPS) is 15.9. The van der Waals surface area contributed by atoms with Gasteiger partial charge in [0.05, 0.1) is 5.92 Å².